The van der Waals surface area contributed by atoms with Crippen molar-refractivity contribution in [1.82, 2.24) is 9.27 Å². The smallest absolute Gasteiger partial charge is 0.227 e. The SMILES string of the molecule is CCN1C(=O)CCc2cc(CCN3CCN(c4nsc5ccccc45)CC3)c(Cl)cc21. The molecule has 5 rings (SSSR count). The second-order valence-electron chi connectivity index (χ2n) is 8.29. The lowest BCUT2D eigenvalue weighted by Crippen LogP contribution is -2.47. The quantitative estimate of drug-likeness (QED) is 0.564. The van der Waals surface area contributed by atoms with E-state index in [9.17, 15) is 4.79 Å². The topological polar surface area (TPSA) is 39.7 Å². The molecular weight excluding hydrogens is 428 g/mol. The summed E-state index contributed by atoms with van der Waals surface area (Å²) < 4.78 is 5.97. The molecule has 1 aromatic heterocycles. The third-order valence-electron chi connectivity index (χ3n) is 6.49. The Hall–Kier alpha value is -2.15. The first-order valence-corrected chi connectivity index (χ1v) is 12.2. The third kappa shape index (κ3) is 4.04. The number of benzene rings is 2. The lowest BCUT2D eigenvalue weighted by molar-refractivity contribution is -0.118. The van der Waals surface area contributed by atoms with Crippen LogP contribution in [0.25, 0.3) is 10.1 Å². The summed E-state index contributed by atoms with van der Waals surface area (Å²) in [5.41, 5.74) is 3.44. The Morgan fingerprint density at radius 2 is 1.90 bits per heavy atom. The monoisotopic (exact) mass is 454 g/mol. The van der Waals surface area contributed by atoms with Crippen molar-refractivity contribution >= 4 is 50.6 Å². The lowest BCUT2D eigenvalue weighted by atomic mass is 9.97. The molecule has 1 saturated heterocycles. The molecule has 2 aromatic carbocycles. The molecular formula is C24H27ClN4OS. The number of aromatic nitrogens is 1. The zero-order valence-electron chi connectivity index (χ0n) is 17.8. The van der Waals surface area contributed by atoms with Crippen molar-refractivity contribution in [2.75, 3.05) is 49.1 Å². The van der Waals surface area contributed by atoms with Crippen molar-refractivity contribution in [3.05, 3.63) is 52.5 Å². The molecule has 0 unspecified atom stereocenters. The molecule has 31 heavy (non-hydrogen) atoms. The molecule has 0 atom stereocenters. The highest BCUT2D eigenvalue weighted by molar-refractivity contribution is 7.13. The average Bonchev–Trinajstić information content (AvgIpc) is 3.22. The van der Waals surface area contributed by atoms with E-state index in [1.807, 2.05) is 17.9 Å². The molecule has 0 radical (unpaired) electrons. The van der Waals surface area contributed by atoms with E-state index < -0.39 is 0 Å². The number of carbonyl (C=O) groups is 1. The van der Waals surface area contributed by atoms with Gasteiger partial charge in [-0.25, -0.2) is 0 Å². The fourth-order valence-electron chi connectivity index (χ4n) is 4.72. The van der Waals surface area contributed by atoms with Gasteiger partial charge in [0, 0.05) is 61.8 Å². The summed E-state index contributed by atoms with van der Waals surface area (Å²) in [6, 6.07) is 12.7. The van der Waals surface area contributed by atoms with Crippen LogP contribution in [-0.4, -0.2) is 54.4 Å². The van der Waals surface area contributed by atoms with Crippen molar-refractivity contribution < 1.29 is 4.79 Å². The minimum atomic E-state index is 0.199. The van der Waals surface area contributed by atoms with Crippen molar-refractivity contribution in [1.29, 1.82) is 0 Å². The fraction of sp³-hybridized carbons (Fsp3) is 0.417. The van der Waals surface area contributed by atoms with Crippen LogP contribution < -0.4 is 9.80 Å². The molecule has 2 aliphatic heterocycles. The van der Waals surface area contributed by atoms with Crippen molar-refractivity contribution in [3.63, 3.8) is 0 Å². The number of nitrogens with zero attached hydrogens (tertiary/aromatic N) is 4. The Morgan fingerprint density at radius 1 is 1.10 bits per heavy atom. The summed E-state index contributed by atoms with van der Waals surface area (Å²) in [5.74, 6) is 1.33. The highest BCUT2D eigenvalue weighted by Gasteiger charge is 2.25. The van der Waals surface area contributed by atoms with Crippen LogP contribution in [0.4, 0.5) is 11.5 Å². The second-order valence-corrected chi connectivity index (χ2v) is 9.50. The van der Waals surface area contributed by atoms with Crippen LogP contribution in [-0.2, 0) is 17.6 Å². The van der Waals surface area contributed by atoms with Gasteiger partial charge in [0.25, 0.3) is 0 Å². The minimum absolute atomic E-state index is 0.199. The Labute approximate surface area is 192 Å². The summed E-state index contributed by atoms with van der Waals surface area (Å²) in [4.78, 5) is 19.0. The van der Waals surface area contributed by atoms with Crippen molar-refractivity contribution in [2.24, 2.45) is 0 Å². The molecule has 1 fully saturated rings. The van der Waals surface area contributed by atoms with E-state index in [0.717, 1.165) is 62.1 Å². The van der Waals surface area contributed by atoms with E-state index in [1.165, 1.54) is 21.2 Å². The number of anilines is 2. The molecule has 2 aliphatic rings. The summed E-state index contributed by atoms with van der Waals surface area (Å²) in [5, 5.41) is 2.04. The van der Waals surface area contributed by atoms with Gasteiger partial charge in [-0.15, -0.1) is 0 Å². The van der Waals surface area contributed by atoms with Gasteiger partial charge in [0.05, 0.1) is 4.70 Å². The molecule has 0 bridgehead atoms. The van der Waals surface area contributed by atoms with Gasteiger partial charge >= 0.3 is 0 Å². The van der Waals surface area contributed by atoms with Gasteiger partial charge < -0.3 is 9.80 Å². The minimum Gasteiger partial charge on any atom is -0.353 e. The van der Waals surface area contributed by atoms with E-state index in [2.05, 4.69) is 40.1 Å². The molecule has 162 valence electrons. The normalized spacial score (nSPS) is 17.4. The Balaban J connectivity index is 1.21. The maximum absolute atomic E-state index is 12.2. The first-order chi connectivity index (χ1) is 15.1. The largest absolute Gasteiger partial charge is 0.353 e. The first kappa shape index (κ1) is 20.7. The van der Waals surface area contributed by atoms with Crippen molar-refractivity contribution in [2.45, 2.75) is 26.2 Å². The predicted molar refractivity (Wildman–Crippen MR) is 130 cm³/mol. The van der Waals surface area contributed by atoms with Gasteiger partial charge in [0.1, 0.15) is 5.82 Å². The van der Waals surface area contributed by atoms with Crippen LogP contribution in [0.1, 0.15) is 24.5 Å². The van der Waals surface area contributed by atoms with Crippen LogP contribution in [0.3, 0.4) is 0 Å². The Kier molecular flexibility index (Phi) is 5.87. The molecule has 3 aromatic rings. The van der Waals surface area contributed by atoms with Crippen LogP contribution in [0.2, 0.25) is 5.02 Å². The second kappa shape index (κ2) is 8.77. The van der Waals surface area contributed by atoms with E-state index in [0.29, 0.717) is 13.0 Å². The lowest BCUT2D eigenvalue weighted by Gasteiger charge is -2.35. The zero-order chi connectivity index (χ0) is 21.4. The molecule has 0 spiro atoms. The number of aryl methyl sites for hydroxylation is 1. The van der Waals surface area contributed by atoms with Gasteiger partial charge in [-0.3, -0.25) is 9.69 Å². The number of piperazine rings is 1. The molecule has 0 N–H and O–H groups in total. The van der Waals surface area contributed by atoms with Crippen LogP contribution in [0.15, 0.2) is 36.4 Å². The van der Waals surface area contributed by atoms with Gasteiger partial charge in [-0.1, -0.05) is 29.8 Å². The van der Waals surface area contributed by atoms with Gasteiger partial charge in [-0.2, -0.15) is 4.37 Å². The summed E-state index contributed by atoms with van der Waals surface area (Å²) in [6.45, 7) is 7.78. The van der Waals surface area contributed by atoms with Crippen LogP contribution >= 0.6 is 23.1 Å². The molecule has 0 aliphatic carbocycles. The van der Waals surface area contributed by atoms with Crippen LogP contribution in [0, 0.1) is 0 Å². The van der Waals surface area contributed by atoms with Gasteiger partial charge in [0.15, 0.2) is 0 Å². The highest BCUT2D eigenvalue weighted by Crippen LogP contribution is 2.33. The third-order valence-corrected chi connectivity index (χ3v) is 7.66. The van der Waals surface area contributed by atoms with Gasteiger partial charge in [-0.05, 0) is 60.6 Å². The fourth-order valence-corrected chi connectivity index (χ4v) is 5.77. The molecule has 1 amide bonds. The van der Waals surface area contributed by atoms with E-state index in [1.54, 1.807) is 11.5 Å². The maximum atomic E-state index is 12.2. The van der Waals surface area contributed by atoms with Crippen molar-refractivity contribution in [3.8, 4) is 0 Å². The Bertz CT molecular complexity index is 1110. The van der Waals surface area contributed by atoms with E-state index in [4.69, 9.17) is 16.0 Å². The summed E-state index contributed by atoms with van der Waals surface area (Å²) >= 11 is 8.21. The average molecular weight is 455 g/mol. The van der Waals surface area contributed by atoms with E-state index in [-0.39, 0.29) is 5.91 Å². The predicted octanol–water partition coefficient (Wildman–Crippen LogP) is 4.61. The standard InChI is InChI=1S/C24H27ClN4OS/c1-2-29-21-16-20(25)17(15-18(21)7-8-23(29)30)9-10-27-11-13-28(14-12-27)24-19-5-3-4-6-22(19)31-26-24/h3-6,15-16H,2,7-14H2,1H3. The number of hydrogen-bond donors (Lipinski definition) is 0. The zero-order valence-corrected chi connectivity index (χ0v) is 19.4. The summed E-state index contributed by atoms with van der Waals surface area (Å²) in [7, 11) is 0. The number of halogens is 1. The van der Waals surface area contributed by atoms with E-state index >= 15 is 0 Å². The number of fused-ring (bicyclic) bond motifs is 2. The maximum Gasteiger partial charge on any atom is 0.227 e. The summed E-state index contributed by atoms with van der Waals surface area (Å²) in [6.07, 6.45) is 2.34. The molecule has 3 heterocycles. The van der Waals surface area contributed by atoms with Crippen LogP contribution in [0.5, 0.6) is 0 Å². The number of rotatable bonds is 5. The van der Waals surface area contributed by atoms with Gasteiger partial charge in [0.2, 0.25) is 5.91 Å². The first-order valence-electron chi connectivity index (χ1n) is 11.1. The Morgan fingerprint density at radius 3 is 2.71 bits per heavy atom. The molecule has 5 nitrogen and oxygen atoms in total. The molecule has 7 heteroatoms. The number of amides is 1. The number of carbonyl (C=O) groups excluding carboxylic acids is 1. The molecule has 0 saturated carbocycles. The highest BCUT2D eigenvalue weighted by atomic mass is 35.5. The number of hydrogen-bond acceptors (Lipinski definition) is 5.